The Labute approximate surface area is 133 Å². The number of carbonyl (C=O) groups is 1. The van der Waals surface area contributed by atoms with Gasteiger partial charge in [0, 0.05) is 11.6 Å². The smallest absolute Gasteiger partial charge is 0.320 e. The minimum absolute atomic E-state index is 0.0525. The molecule has 1 aliphatic carbocycles. The molecule has 116 valence electrons. The van der Waals surface area contributed by atoms with Crippen LogP contribution >= 0.6 is 11.5 Å². The first-order valence-electron chi connectivity index (χ1n) is 7.33. The van der Waals surface area contributed by atoms with E-state index in [1.54, 1.807) is 0 Å². The molecule has 22 heavy (non-hydrogen) atoms. The van der Waals surface area contributed by atoms with Crippen molar-refractivity contribution in [3.05, 3.63) is 36.4 Å². The molecule has 5 nitrogen and oxygen atoms in total. The van der Waals surface area contributed by atoms with Gasteiger partial charge in [-0.2, -0.15) is 4.37 Å². The number of anilines is 1. The Kier molecular flexibility index (Phi) is 4.13. The number of hydrogen-bond donors (Lipinski definition) is 3. The molecule has 0 spiro atoms. The molecule has 2 aromatic rings. The van der Waals surface area contributed by atoms with Gasteiger partial charge < -0.3 is 10.4 Å². The van der Waals surface area contributed by atoms with Gasteiger partial charge in [-0.1, -0.05) is 30.3 Å². The van der Waals surface area contributed by atoms with E-state index in [1.807, 2.05) is 43.3 Å². The van der Waals surface area contributed by atoms with Gasteiger partial charge in [-0.15, -0.1) is 0 Å². The summed E-state index contributed by atoms with van der Waals surface area (Å²) in [5.74, 6) is 0.365. The van der Waals surface area contributed by atoms with Crippen molar-refractivity contribution in [2.24, 2.45) is 5.92 Å². The summed E-state index contributed by atoms with van der Waals surface area (Å²) in [6, 6.07) is 11.4. The van der Waals surface area contributed by atoms with Crippen LogP contribution in [0, 0.1) is 5.92 Å². The van der Waals surface area contributed by atoms with Crippen molar-refractivity contribution in [3.8, 4) is 11.3 Å². The number of benzene rings is 1. The van der Waals surface area contributed by atoms with E-state index in [0.717, 1.165) is 24.1 Å². The molecule has 1 aromatic carbocycles. The number of amides is 2. The maximum atomic E-state index is 12.1. The Morgan fingerprint density at radius 1 is 1.41 bits per heavy atom. The lowest BCUT2D eigenvalue weighted by atomic mass is 9.97. The molecule has 0 bridgehead atoms. The number of rotatable bonds is 5. The molecule has 0 saturated heterocycles. The van der Waals surface area contributed by atoms with Crippen molar-refractivity contribution >= 4 is 22.6 Å². The normalized spacial score (nSPS) is 16.8. The third-order valence-corrected chi connectivity index (χ3v) is 4.73. The summed E-state index contributed by atoms with van der Waals surface area (Å²) >= 11 is 1.25. The van der Waals surface area contributed by atoms with Gasteiger partial charge in [0.25, 0.3) is 0 Å². The van der Waals surface area contributed by atoms with Crippen LogP contribution in [0.5, 0.6) is 0 Å². The van der Waals surface area contributed by atoms with E-state index < -0.39 is 5.54 Å². The number of aromatic nitrogens is 1. The first-order valence-corrected chi connectivity index (χ1v) is 8.10. The average Bonchev–Trinajstić information content (AvgIpc) is 3.29. The quantitative estimate of drug-likeness (QED) is 0.793. The fourth-order valence-corrected chi connectivity index (χ4v) is 3.13. The predicted molar refractivity (Wildman–Crippen MR) is 87.9 cm³/mol. The highest BCUT2D eigenvalue weighted by atomic mass is 32.1. The Hall–Kier alpha value is -1.92. The van der Waals surface area contributed by atoms with Gasteiger partial charge in [0.15, 0.2) is 0 Å². The van der Waals surface area contributed by atoms with E-state index in [4.69, 9.17) is 0 Å². The van der Waals surface area contributed by atoms with Crippen LogP contribution in [0.25, 0.3) is 11.3 Å². The van der Waals surface area contributed by atoms with Crippen LogP contribution in [0.2, 0.25) is 0 Å². The number of urea groups is 1. The molecule has 2 amide bonds. The second kappa shape index (κ2) is 6.06. The molecule has 1 aromatic heterocycles. The molecule has 0 aliphatic heterocycles. The molecule has 1 saturated carbocycles. The first-order chi connectivity index (χ1) is 10.6. The zero-order valence-electron chi connectivity index (χ0n) is 12.4. The molecule has 0 radical (unpaired) electrons. The highest BCUT2D eigenvalue weighted by Crippen LogP contribution is 2.39. The first kappa shape index (κ1) is 15.0. The van der Waals surface area contributed by atoms with Crippen LogP contribution in [-0.2, 0) is 0 Å². The second-order valence-corrected chi connectivity index (χ2v) is 6.68. The lowest BCUT2D eigenvalue weighted by Gasteiger charge is -2.28. The van der Waals surface area contributed by atoms with Crippen LogP contribution < -0.4 is 10.6 Å². The zero-order valence-corrected chi connectivity index (χ0v) is 13.2. The topological polar surface area (TPSA) is 74.2 Å². The summed E-state index contributed by atoms with van der Waals surface area (Å²) in [6.45, 7) is 1.83. The van der Waals surface area contributed by atoms with Crippen LogP contribution in [0.3, 0.4) is 0 Å². The van der Waals surface area contributed by atoms with Gasteiger partial charge in [-0.05, 0) is 37.2 Å². The number of aliphatic hydroxyl groups is 1. The molecule has 3 N–H and O–H groups in total. The van der Waals surface area contributed by atoms with Gasteiger partial charge in [0.1, 0.15) is 5.00 Å². The minimum atomic E-state index is -0.545. The van der Waals surface area contributed by atoms with Crippen LogP contribution in [0.4, 0.5) is 9.80 Å². The van der Waals surface area contributed by atoms with E-state index in [-0.39, 0.29) is 12.6 Å². The van der Waals surface area contributed by atoms with E-state index in [9.17, 15) is 9.90 Å². The minimum Gasteiger partial charge on any atom is -0.394 e. The zero-order chi connectivity index (χ0) is 15.6. The highest BCUT2D eigenvalue weighted by Gasteiger charge is 2.42. The number of nitrogens with zero attached hydrogens (tertiary/aromatic N) is 1. The predicted octanol–water partition coefficient (Wildman–Crippen LogP) is 3.09. The summed E-state index contributed by atoms with van der Waals surface area (Å²) in [5.41, 5.74) is 1.32. The molecular weight excluding hydrogens is 298 g/mol. The lowest BCUT2D eigenvalue weighted by molar-refractivity contribution is 0.159. The second-order valence-electron chi connectivity index (χ2n) is 5.87. The standard InChI is InChI=1S/C16H19N3O2S/c1-16(10-20,12-7-8-12)18-15(21)17-14-9-13(19-22-14)11-5-3-2-4-6-11/h2-6,9,12,20H,7-8,10H2,1H3,(H2,17,18,21). The van der Waals surface area contributed by atoms with Crippen LogP contribution in [0.15, 0.2) is 36.4 Å². The Morgan fingerprint density at radius 3 is 2.77 bits per heavy atom. The van der Waals surface area contributed by atoms with Gasteiger partial charge in [0.05, 0.1) is 17.8 Å². The fraction of sp³-hybridized carbons (Fsp3) is 0.375. The molecule has 6 heteroatoms. The molecule has 1 unspecified atom stereocenters. The summed E-state index contributed by atoms with van der Waals surface area (Å²) in [4.78, 5) is 12.1. The summed E-state index contributed by atoms with van der Waals surface area (Å²) in [7, 11) is 0. The van der Waals surface area contributed by atoms with Gasteiger partial charge in [0.2, 0.25) is 0 Å². The number of aliphatic hydroxyl groups excluding tert-OH is 1. The summed E-state index contributed by atoms with van der Waals surface area (Å²) in [6.07, 6.45) is 2.10. The number of carbonyl (C=O) groups excluding carboxylic acids is 1. The van der Waals surface area contributed by atoms with Crippen molar-refractivity contribution in [2.75, 3.05) is 11.9 Å². The van der Waals surface area contributed by atoms with Crippen molar-refractivity contribution in [1.29, 1.82) is 0 Å². The molecule has 1 atom stereocenters. The van der Waals surface area contributed by atoms with Crippen molar-refractivity contribution in [3.63, 3.8) is 0 Å². The Morgan fingerprint density at radius 2 is 2.14 bits per heavy atom. The maximum absolute atomic E-state index is 12.1. The monoisotopic (exact) mass is 317 g/mol. The number of nitrogens with one attached hydrogen (secondary N) is 2. The fourth-order valence-electron chi connectivity index (χ4n) is 2.47. The summed E-state index contributed by atoms with van der Waals surface area (Å²) in [5, 5.41) is 15.9. The Balaban J connectivity index is 1.64. The summed E-state index contributed by atoms with van der Waals surface area (Å²) < 4.78 is 4.35. The Bertz CT molecular complexity index is 654. The van der Waals surface area contributed by atoms with Crippen LogP contribution in [-0.4, -0.2) is 27.7 Å². The third-order valence-electron chi connectivity index (χ3n) is 4.02. The SMILES string of the molecule is CC(CO)(NC(=O)Nc1cc(-c2ccccc2)ns1)C1CC1. The van der Waals surface area contributed by atoms with Crippen LogP contribution in [0.1, 0.15) is 19.8 Å². The average molecular weight is 317 g/mol. The van der Waals surface area contributed by atoms with Crippen molar-refractivity contribution < 1.29 is 9.90 Å². The van der Waals surface area contributed by atoms with E-state index in [1.165, 1.54) is 11.5 Å². The maximum Gasteiger partial charge on any atom is 0.320 e. The lowest BCUT2D eigenvalue weighted by Crippen LogP contribution is -2.52. The molecule has 1 heterocycles. The number of hydrogen-bond acceptors (Lipinski definition) is 4. The van der Waals surface area contributed by atoms with Gasteiger partial charge >= 0.3 is 6.03 Å². The van der Waals surface area contributed by atoms with E-state index in [2.05, 4.69) is 15.0 Å². The largest absolute Gasteiger partial charge is 0.394 e. The molecular formula is C16H19N3O2S. The molecule has 3 rings (SSSR count). The highest BCUT2D eigenvalue weighted by molar-refractivity contribution is 7.10. The van der Waals surface area contributed by atoms with E-state index in [0.29, 0.717) is 10.9 Å². The molecule has 1 fully saturated rings. The van der Waals surface area contributed by atoms with Crippen molar-refractivity contribution in [1.82, 2.24) is 9.69 Å². The van der Waals surface area contributed by atoms with E-state index >= 15 is 0 Å². The van der Waals surface area contributed by atoms with Crippen molar-refractivity contribution in [2.45, 2.75) is 25.3 Å². The molecule has 1 aliphatic rings. The van der Waals surface area contributed by atoms with Gasteiger partial charge in [-0.3, -0.25) is 5.32 Å². The van der Waals surface area contributed by atoms with Gasteiger partial charge in [-0.25, -0.2) is 4.79 Å². The third kappa shape index (κ3) is 3.28.